The third kappa shape index (κ3) is 35.2. The molecule has 0 radical (unpaired) electrons. The third-order valence-electron chi connectivity index (χ3n) is 13.4. The molecule has 5 amide bonds. The second-order valence-electron chi connectivity index (χ2n) is 20.0. The quantitative estimate of drug-likeness (QED) is 0.0467. The van der Waals surface area contributed by atoms with Crippen LogP contribution in [0, 0.1) is 0 Å². The monoisotopic (exact) mass is 1160 g/mol. The summed E-state index contributed by atoms with van der Waals surface area (Å²) in [5.41, 5.74) is 0. The van der Waals surface area contributed by atoms with E-state index < -0.39 is 10.5 Å². The summed E-state index contributed by atoms with van der Waals surface area (Å²) in [6, 6.07) is 0. The molecule has 4 unspecified atom stereocenters. The number of ether oxygens (including phenoxy) is 10. The van der Waals surface area contributed by atoms with Crippen LogP contribution in [0.4, 0.5) is 0 Å². The van der Waals surface area contributed by atoms with Crippen LogP contribution in [0.25, 0.3) is 0 Å². The van der Waals surface area contributed by atoms with Crippen LogP contribution >= 0.6 is 23.5 Å². The van der Waals surface area contributed by atoms with Gasteiger partial charge in [0.2, 0.25) is 29.5 Å². The zero-order valence-corrected chi connectivity index (χ0v) is 50.5. The lowest BCUT2D eigenvalue weighted by atomic mass is 10.1. The van der Waals surface area contributed by atoms with E-state index in [9.17, 15) is 33.6 Å². The Hall–Kier alpha value is -2.61. The van der Waals surface area contributed by atoms with Gasteiger partial charge in [0, 0.05) is 113 Å². The van der Waals surface area contributed by atoms with Gasteiger partial charge >= 0.3 is 0 Å². The largest absolute Gasteiger partial charge is 0.382 e. The number of hydrogen-bond acceptors (Lipinski definition) is 19. The smallest absolute Gasteiger partial charge is 0.242 e. The second kappa shape index (κ2) is 48.9. The van der Waals surface area contributed by atoms with Crippen molar-refractivity contribution in [1.29, 1.82) is 0 Å². The van der Waals surface area contributed by atoms with Crippen molar-refractivity contribution >= 4 is 64.6 Å². The molecule has 2 aliphatic rings. The van der Waals surface area contributed by atoms with E-state index in [0.29, 0.717) is 137 Å². The summed E-state index contributed by atoms with van der Waals surface area (Å²) in [6.07, 6.45) is 13.5. The van der Waals surface area contributed by atoms with E-state index in [1.807, 2.05) is 4.90 Å². The van der Waals surface area contributed by atoms with Crippen LogP contribution in [0.2, 0.25) is 0 Å². The van der Waals surface area contributed by atoms with Gasteiger partial charge in [-0.15, -0.1) is 23.5 Å². The predicted octanol–water partition coefficient (Wildman–Crippen LogP) is 6.53. The molecule has 0 aromatic rings. The molecule has 2 saturated heterocycles. The number of carbonyl (C=O) groups excluding carboxylic acids is 7. The summed E-state index contributed by atoms with van der Waals surface area (Å²) in [4.78, 5) is 94.6. The molecule has 0 aromatic carbocycles. The Bertz CT molecular complexity index is 1550. The maximum atomic E-state index is 13.1. The van der Waals surface area contributed by atoms with Crippen LogP contribution in [0.5, 0.6) is 0 Å². The molecule has 0 spiro atoms. The number of methoxy groups -OCH3 is 4. The predicted molar refractivity (Wildman–Crippen MR) is 305 cm³/mol. The van der Waals surface area contributed by atoms with Crippen molar-refractivity contribution in [3.63, 3.8) is 0 Å². The fourth-order valence-corrected chi connectivity index (χ4v) is 11.0. The zero-order chi connectivity index (χ0) is 57.6. The van der Waals surface area contributed by atoms with Crippen molar-refractivity contribution in [2.24, 2.45) is 0 Å². The Balaban J connectivity index is 1.56. The van der Waals surface area contributed by atoms with E-state index >= 15 is 0 Å². The lowest BCUT2D eigenvalue weighted by Gasteiger charge is -2.23. The molecule has 0 N–H and O–H groups in total. The highest BCUT2D eigenvalue weighted by molar-refractivity contribution is 8.00. The normalized spacial score (nSPS) is 16.5. The maximum absolute atomic E-state index is 13.1. The summed E-state index contributed by atoms with van der Waals surface area (Å²) >= 11 is 3.04. The van der Waals surface area contributed by atoms with Crippen molar-refractivity contribution in [1.82, 2.24) is 14.7 Å². The van der Waals surface area contributed by atoms with E-state index in [1.165, 1.54) is 33.3 Å². The number of nitrogens with zero attached hydrogens (tertiary/aromatic N) is 3. The maximum Gasteiger partial charge on any atom is 0.242 e. The Morgan fingerprint density at radius 1 is 0.468 bits per heavy atom. The van der Waals surface area contributed by atoms with Gasteiger partial charge in [-0.25, -0.2) is 0 Å². The van der Waals surface area contributed by atoms with Gasteiger partial charge in [-0.2, -0.15) is 0 Å². The minimum absolute atomic E-state index is 0.0229. The summed E-state index contributed by atoms with van der Waals surface area (Å²) in [7, 11) is 6.47. The SMILES string of the molecule is CCCCC(=O)N(CCCCCCSC1CC(=O)N(CCC(=O)CCCCOCC(COCCOC)OCCOC)C1=O)CCCCCCSC1CC(=O)N(CCC(=O)CCCCOCC(COCCOC)OCCOC)C1=O. The number of rotatable bonds is 57. The van der Waals surface area contributed by atoms with Crippen LogP contribution in [-0.4, -0.2) is 237 Å². The molecule has 2 aliphatic heterocycles. The molecule has 0 bridgehead atoms. The molecule has 20 nitrogen and oxygen atoms in total. The zero-order valence-electron chi connectivity index (χ0n) is 48.9. The summed E-state index contributed by atoms with van der Waals surface area (Å²) < 4.78 is 54.4. The molecule has 22 heteroatoms. The Labute approximate surface area is 481 Å². The molecule has 4 atom stereocenters. The average molecular weight is 1160 g/mol. The van der Waals surface area contributed by atoms with Crippen LogP contribution in [0.3, 0.4) is 0 Å². The Morgan fingerprint density at radius 3 is 1.27 bits per heavy atom. The minimum atomic E-state index is -0.406. The molecule has 0 aromatic heterocycles. The Morgan fingerprint density at radius 2 is 0.861 bits per heavy atom. The highest BCUT2D eigenvalue weighted by atomic mass is 32.2. The Kier molecular flexibility index (Phi) is 44.8. The van der Waals surface area contributed by atoms with Crippen molar-refractivity contribution in [3.8, 4) is 0 Å². The van der Waals surface area contributed by atoms with Gasteiger partial charge in [0.05, 0.1) is 89.8 Å². The van der Waals surface area contributed by atoms with Crippen LogP contribution in [0.1, 0.15) is 142 Å². The molecule has 458 valence electrons. The molecule has 2 fully saturated rings. The lowest BCUT2D eigenvalue weighted by Crippen LogP contribution is -2.33. The van der Waals surface area contributed by atoms with E-state index in [-0.39, 0.29) is 92.1 Å². The molecule has 0 aliphatic carbocycles. The van der Waals surface area contributed by atoms with Gasteiger partial charge < -0.3 is 52.3 Å². The van der Waals surface area contributed by atoms with Crippen molar-refractivity contribution in [3.05, 3.63) is 0 Å². The average Bonchev–Trinajstić information content (AvgIpc) is 3.98. The molecule has 2 heterocycles. The number of ketones is 2. The number of hydrogen-bond donors (Lipinski definition) is 0. The van der Waals surface area contributed by atoms with E-state index in [1.54, 1.807) is 28.4 Å². The number of Topliss-reactive ketones (excluding diaryl/α,β-unsaturated/α-hetero) is 2. The van der Waals surface area contributed by atoms with E-state index in [4.69, 9.17) is 47.4 Å². The summed E-state index contributed by atoms with van der Waals surface area (Å²) in [5.74, 6) is 0.957. The fourth-order valence-electron chi connectivity index (χ4n) is 8.66. The van der Waals surface area contributed by atoms with Gasteiger partial charge in [0.1, 0.15) is 23.8 Å². The first-order chi connectivity index (χ1) is 38.5. The van der Waals surface area contributed by atoms with E-state index in [0.717, 1.165) is 88.8 Å². The number of unbranched alkanes of at least 4 members (excludes halogenated alkanes) is 9. The van der Waals surface area contributed by atoms with Gasteiger partial charge in [-0.1, -0.05) is 39.0 Å². The van der Waals surface area contributed by atoms with Gasteiger partial charge in [-0.3, -0.25) is 43.4 Å². The molecular formula is C57H101N3O17S2. The number of amides is 5. The third-order valence-corrected chi connectivity index (χ3v) is 16.0. The molecule has 0 saturated carbocycles. The highest BCUT2D eigenvalue weighted by Gasteiger charge is 2.39. The van der Waals surface area contributed by atoms with Gasteiger partial charge in [0.15, 0.2) is 0 Å². The van der Waals surface area contributed by atoms with Crippen LogP contribution < -0.4 is 0 Å². The number of likely N-dealkylation sites (tertiary alicyclic amines) is 2. The summed E-state index contributed by atoms with van der Waals surface area (Å²) in [6.45, 7) is 9.99. The van der Waals surface area contributed by atoms with Crippen molar-refractivity contribution in [2.75, 3.05) is 159 Å². The number of thioether (sulfide) groups is 2. The fraction of sp³-hybridized carbons (Fsp3) is 0.877. The summed E-state index contributed by atoms with van der Waals surface area (Å²) in [5, 5.41) is -0.812. The number of carbonyl (C=O) groups is 7. The molecule has 79 heavy (non-hydrogen) atoms. The standard InChI is InChI=1S/C57H101N3O17S2/c1-6-7-22-53(63)58(25-14-8-10-18-39-78-51-41-54(64)59(56(51)66)27-23-47(61)20-12-16-29-72-43-49(76-37-33-70-4)45-74-35-31-68-2)26-15-9-11-19-40-79-52-42-55(65)60(57(52)67)28-24-48(62)21-13-17-30-73-44-50(77-38-34-71-5)46-75-36-32-69-3/h49-52H,6-46H2,1-5H3. The first-order valence-corrected chi connectivity index (χ1v) is 31.3. The van der Waals surface area contributed by atoms with Crippen LogP contribution in [0.15, 0.2) is 0 Å². The highest BCUT2D eigenvalue weighted by Crippen LogP contribution is 2.28. The minimum Gasteiger partial charge on any atom is -0.382 e. The van der Waals surface area contributed by atoms with Crippen molar-refractivity contribution in [2.45, 2.75) is 164 Å². The van der Waals surface area contributed by atoms with Gasteiger partial charge in [0.25, 0.3) is 0 Å². The first kappa shape index (κ1) is 72.5. The lowest BCUT2D eigenvalue weighted by molar-refractivity contribution is -0.140. The second-order valence-corrected chi connectivity index (χ2v) is 22.6. The van der Waals surface area contributed by atoms with Crippen molar-refractivity contribution < 1.29 is 80.9 Å². The van der Waals surface area contributed by atoms with Gasteiger partial charge in [-0.05, 0) is 69.3 Å². The van der Waals surface area contributed by atoms with Crippen LogP contribution in [-0.2, 0) is 80.9 Å². The number of imide groups is 2. The molecular weight excluding hydrogens is 1060 g/mol. The molecule has 2 rings (SSSR count). The van der Waals surface area contributed by atoms with E-state index in [2.05, 4.69) is 6.92 Å². The first-order valence-electron chi connectivity index (χ1n) is 29.2. The topological polar surface area (TPSA) is 222 Å².